The predicted octanol–water partition coefficient (Wildman–Crippen LogP) is 2.96. The fourth-order valence-electron chi connectivity index (χ4n) is 1.44. The lowest BCUT2D eigenvalue weighted by atomic mass is 10.3. The highest BCUT2D eigenvalue weighted by molar-refractivity contribution is 7.15. The topological polar surface area (TPSA) is 62.2 Å². The van der Waals surface area contributed by atoms with Gasteiger partial charge in [-0.15, -0.1) is 11.3 Å². The van der Waals surface area contributed by atoms with Crippen molar-refractivity contribution in [1.29, 1.82) is 0 Å². The van der Waals surface area contributed by atoms with Gasteiger partial charge < -0.3 is 10.4 Å². The van der Waals surface area contributed by atoms with Crippen molar-refractivity contribution in [3.05, 3.63) is 40.7 Å². The molecule has 0 atom stereocenters. The molecule has 1 aromatic carbocycles. The molecule has 0 aliphatic carbocycles. The molecule has 2 N–H and O–H groups in total. The van der Waals surface area contributed by atoms with E-state index >= 15 is 0 Å². The number of rotatable bonds is 4. The third-order valence-corrected chi connectivity index (χ3v) is 3.37. The van der Waals surface area contributed by atoms with E-state index in [4.69, 9.17) is 5.11 Å². The van der Waals surface area contributed by atoms with Crippen LogP contribution in [0.3, 0.4) is 0 Å². The lowest BCUT2D eigenvalue weighted by Crippen LogP contribution is -1.99. The number of hydrogen-bond acceptors (Lipinski definition) is 4. The number of aryl methyl sites for hydroxylation is 1. The molecule has 0 saturated heterocycles. The molecule has 0 aliphatic rings. The summed E-state index contributed by atoms with van der Waals surface area (Å²) in [6, 6.07) is 5.90. The van der Waals surface area contributed by atoms with Crippen molar-refractivity contribution in [3.63, 3.8) is 0 Å². The maximum Gasteiger partial charge on any atom is 0.308 e. The van der Waals surface area contributed by atoms with Gasteiger partial charge >= 0.3 is 5.97 Å². The third-order valence-electron chi connectivity index (χ3n) is 2.30. The fourth-order valence-corrected chi connectivity index (χ4v) is 2.41. The zero-order chi connectivity index (χ0) is 13.1. The molecule has 0 aliphatic heterocycles. The van der Waals surface area contributed by atoms with Crippen LogP contribution >= 0.6 is 11.3 Å². The van der Waals surface area contributed by atoms with Gasteiger partial charge in [-0.05, 0) is 31.2 Å². The van der Waals surface area contributed by atoms with E-state index in [1.54, 1.807) is 19.1 Å². The largest absolute Gasteiger partial charge is 0.481 e. The molecule has 2 rings (SSSR count). The van der Waals surface area contributed by atoms with E-state index in [9.17, 15) is 9.18 Å². The molecule has 6 heteroatoms. The Kier molecular flexibility index (Phi) is 3.57. The van der Waals surface area contributed by atoms with Crippen LogP contribution in [0.1, 0.15) is 10.6 Å². The number of benzene rings is 1. The fraction of sp³-hybridized carbons (Fsp3) is 0.167. The van der Waals surface area contributed by atoms with E-state index in [1.807, 2.05) is 0 Å². The second-order valence-electron chi connectivity index (χ2n) is 3.73. The zero-order valence-corrected chi connectivity index (χ0v) is 10.4. The Bertz CT molecular complexity index is 566. The van der Waals surface area contributed by atoms with Gasteiger partial charge in [0.15, 0.2) is 5.13 Å². The molecule has 0 saturated carbocycles. The Morgan fingerprint density at radius 1 is 1.44 bits per heavy atom. The maximum absolute atomic E-state index is 12.7. The van der Waals surface area contributed by atoms with Crippen LogP contribution in [0.2, 0.25) is 0 Å². The Labute approximate surface area is 107 Å². The number of nitrogens with zero attached hydrogens (tertiary/aromatic N) is 1. The number of nitrogens with one attached hydrogen (secondary N) is 1. The summed E-state index contributed by atoms with van der Waals surface area (Å²) in [7, 11) is 0. The highest BCUT2D eigenvalue weighted by atomic mass is 32.1. The Balaban J connectivity index is 2.14. The first-order valence-electron chi connectivity index (χ1n) is 5.25. The average Bonchev–Trinajstić information content (AvgIpc) is 2.62. The van der Waals surface area contributed by atoms with Crippen molar-refractivity contribution in [2.45, 2.75) is 13.3 Å². The van der Waals surface area contributed by atoms with E-state index < -0.39 is 5.97 Å². The maximum atomic E-state index is 12.7. The number of anilines is 2. The summed E-state index contributed by atoms with van der Waals surface area (Å²) in [5, 5.41) is 12.4. The molecule has 2 aromatic rings. The molecule has 0 unspecified atom stereocenters. The molecule has 0 amide bonds. The van der Waals surface area contributed by atoms with Crippen LogP contribution in [0.5, 0.6) is 0 Å². The average molecular weight is 266 g/mol. The van der Waals surface area contributed by atoms with Gasteiger partial charge in [0.25, 0.3) is 0 Å². The number of hydrogen-bond donors (Lipinski definition) is 2. The van der Waals surface area contributed by atoms with E-state index in [1.165, 1.54) is 23.5 Å². The summed E-state index contributed by atoms with van der Waals surface area (Å²) in [6.07, 6.45) is -0.0331. The number of carboxylic acid groups (broad SMARTS) is 1. The molecule has 94 valence electrons. The number of halogens is 1. The number of carboxylic acids is 1. The minimum absolute atomic E-state index is 0.0331. The lowest BCUT2D eigenvalue weighted by molar-refractivity contribution is -0.136. The number of carbonyl (C=O) groups is 1. The molecule has 18 heavy (non-hydrogen) atoms. The monoisotopic (exact) mass is 266 g/mol. The molecule has 4 nitrogen and oxygen atoms in total. The number of aliphatic carboxylic acids is 1. The predicted molar refractivity (Wildman–Crippen MR) is 67.9 cm³/mol. The molecule has 0 bridgehead atoms. The van der Waals surface area contributed by atoms with E-state index in [2.05, 4.69) is 10.3 Å². The first-order chi connectivity index (χ1) is 8.54. The van der Waals surface area contributed by atoms with Crippen molar-refractivity contribution in [2.24, 2.45) is 0 Å². The van der Waals surface area contributed by atoms with Gasteiger partial charge in [0.05, 0.1) is 12.1 Å². The van der Waals surface area contributed by atoms with Gasteiger partial charge in [0, 0.05) is 10.6 Å². The van der Waals surface area contributed by atoms with E-state index in [-0.39, 0.29) is 12.2 Å². The smallest absolute Gasteiger partial charge is 0.308 e. The lowest BCUT2D eigenvalue weighted by Gasteiger charge is -2.01. The van der Waals surface area contributed by atoms with Gasteiger partial charge in [0.1, 0.15) is 5.82 Å². The summed E-state index contributed by atoms with van der Waals surface area (Å²) < 4.78 is 12.7. The molecular weight excluding hydrogens is 255 g/mol. The van der Waals surface area contributed by atoms with Crippen LogP contribution in [-0.4, -0.2) is 16.1 Å². The molecule has 1 aromatic heterocycles. The standard InChI is InChI=1S/C12H11FN2O2S/c1-7-10(6-11(16)17)18-12(14-7)15-9-4-2-8(13)3-5-9/h2-5H,6H2,1H3,(H,14,15)(H,16,17). The Morgan fingerprint density at radius 3 is 2.72 bits per heavy atom. The van der Waals surface area contributed by atoms with Gasteiger partial charge in [-0.25, -0.2) is 9.37 Å². The minimum Gasteiger partial charge on any atom is -0.481 e. The second-order valence-corrected chi connectivity index (χ2v) is 4.81. The number of aromatic nitrogens is 1. The van der Waals surface area contributed by atoms with Crippen LogP contribution in [0.25, 0.3) is 0 Å². The van der Waals surface area contributed by atoms with Crippen molar-refractivity contribution in [1.82, 2.24) is 4.98 Å². The van der Waals surface area contributed by atoms with Gasteiger partial charge in [-0.3, -0.25) is 4.79 Å². The molecule has 1 heterocycles. The van der Waals surface area contributed by atoms with Gasteiger partial charge in [-0.2, -0.15) is 0 Å². The third kappa shape index (κ3) is 3.04. The Hall–Kier alpha value is -1.95. The van der Waals surface area contributed by atoms with Crippen LogP contribution < -0.4 is 5.32 Å². The summed E-state index contributed by atoms with van der Waals surface area (Å²) in [6.45, 7) is 1.77. The van der Waals surface area contributed by atoms with Crippen LogP contribution in [-0.2, 0) is 11.2 Å². The zero-order valence-electron chi connectivity index (χ0n) is 9.61. The highest BCUT2D eigenvalue weighted by Gasteiger charge is 2.10. The van der Waals surface area contributed by atoms with Gasteiger partial charge in [0.2, 0.25) is 0 Å². The SMILES string of the molecule is Cc1nc(Nc2ccc(F)cc2)sc1CC(=O)O. The summed E-state index contributed by atoms with van der Waals surface area (Å²) >= 11 is 1.29. The molecule has 0 radical (unpaired) electrons. The van der Waals surface area contributed by atoms with Crippen LogP contribution in [0.15, 0.2) is 24.3 Å². The van der Waals surface area contributed by atoms with Crippen molar-refractivity contribution < 1.29 is 14.3 Å². The quantitative estimate of drug-likeness (QED) is 0.893. The second kappa shape index (κ2) is 5.14. The van der Waals surface area contributed by atoms with E-state index in [0.717, 1.165) is 0 Å². The minimum atomic E-state index is -0.880. The highest BCUT2D eigenvalue weighted by Crippen LogP contribution is 2.26. The van der Waals surface area contributed by atoms with Crippen molar-refractivity contribution >= 4 is 28.1 Å². The Morgan fingerprint density at radius 2 is 2.11 bits per heavy atom. The first-order valence-corrected chi connectivity index (χ1v) is 6.07. The normalized spacial score (nSPS) is 10.3. The van der Waals surface area contributed by atoms with Gasteiger partial charge in [-0.1, -0.05) is 0 Å². The first kappa shape index (κ1) is 12.5. The van der Waals surface area contributed by atoms with Crippen molar-refractivity contribution in [2.75, 3.05) is 5.32 Å². The van der Waals surface area contributed by atoms with E-state index in [0.29, 0.717) is 21.4 Å². The number of thiazole rings is 1. The molecule has 0 fully saturated rings. The van der Waals surface area contributed by atoms with Crippen molar-refractivity contribution in [3.8, 4) is 0 Å². The summed E-state index contributed by atoms with van der Waals surface area (Å²) in [5.41, 5.74) is 1.42. The summed E-state index contributed by atoms with van der Waals surface area (Å²) in [5.74, 6) is -1.18. The molecular formula is C12H11FN2O2S. The van der Waals surface area contributed by atoms with Crippen LogP contribution in [0, 0.1) is 12.7 Å². The summed E-state index contributed by atoms with van der Waals surface area (Å²) in [4.78, 5) is 15.6. The molecule has 0 spiro atoms. The van der Waals surface area contributed by atoms with Crippen LogP contribution in [0.4, 0.5) is 15.2 Å².